The molecule has 2 fully saturated rings. The Balaban J connectivity index is 1.54. The summed E-state index contributed by atoms with van der Waals surface area (Å²) in [4.78, 5) is 24.3. The summed E-state index contributed by atoms with van der Waals surface area (Å²) in [5.74, 6) is -0.0472. The molecule has 3 heterocycles. The highest BCUT2D eigenvalue weighted by Crippen LogP contribution is 2.38. The molecule has 2 aliphatic rings. The van der Waals surface area contributed by atoms with Crippen LogP contribution in [0.1, 0.15) is 52.8 Å². The number of carbonyl (C=O) groups is 1. The molecule has 1 atom stereocenters. The van der Waals surface area contributed by atoms with E-state index in [1.807, 2.05) is 44.2 Å². The normalized spacial score (nSPS) is 21.2. The lowest BCUT2D eigenvalue weighted by Crippen LogP contribution is -2.57. The van der Waals surface area contributed by atoms with Crippen molar-refractivity contribution in [1.29, 1.82) is 0 Å². The average molecular weight is 534 g/mol. The van der Waals surface area contributed by atoms with Gasteiger partial charge in [-0.1, -0.05) is 44.2 Å². The molecule has 0 bridgehead atoms. The Morgan fingerprint density at radius 3 is 2.34 bits per heavy atom. The van der Waals surface area contributed by atoms with Gasteiger partial charge in [-0.3, -0.25) is 0 Å². The van der Waals surface area contributed by atoms with Crippen LogP contribution in [0.25, 0.3) is 0 Å². The zero-order valence-corrected chi connectivity index (χ0v) is 22.6. The predicted octanol–water partition coefficient (Wildman–Crippen LogP) is 4.28. The minimum atomic E-state index is -4.74. The molecule has 38 heavy (non-hydrogen) atoms. The summed E-state index contributed by atoms with van der Waals surface area (Å²) in [5, 5.41) is 0. The van der Waals surface area contributed by atoms with Gasteiger partial charge in [0.15, 0.2) is 0 Å². The number of hydrogen-bond acceptors (Lipinski definition) is 7. The first-order valence-corrected chi connectivity index (χ1v) is 12.7. The fraction of sp³-hybridized carbons (Fsp3) is 0.577. The molecule has 0 saturated carbocycles. The molecule has 1 unspecified atom stereocenters. The summed E-state index contributed by atoms with van der Waals surface area (Å²) < 4.78 is 59.8. The van der Waals surface area contributed by atoms with E-state index in [0.717, 1.165) is 11.8 Å². The van der Waals surface area contributed by atoms with E-state index in [2.05, 4.69) is 9.97 Å². The molecule has 1 amide bonds. The Morgan fingerprint density at radius 1 is 1.13 bits per heavy atom. The van der Waals surface area contributed by atoms with Crippen molar-refractivity contribution in [3.63, 3.8) is 0 Å². The molecule has 0 spiro atoms. The molecule has 0 aliphatic carbocycles. The third-order valence-corrected chi connectivity index (χ3v) is 7.49. The minimum Gasteiger partial charge on any atom is -0.445 e. The van der Waals surface area contributed by atoms with Gasteiger partial charge < -0.3 is 23.8 Å². The Hall–Kier alpha value is -2.86. The number of piperazine rings is 1. The van der Waals surface area contributed by atoms with Gasteiger partial charge in [-0.15, -0.1) is 0 Å². The van der Waals surface area contributed by atoms with Gasteiger partial charge in [0, 0.05) is 31.3 Å². The fourth-order valence-electron chi connectivity index (χ4n) is 4.50. The van der Waals surface area contributed by atoms with Gasteiger partial charge in [0.05, 0.1) is 17.2 Å². The van der Waals surface area contributed by atoms with Gasteiger partial charge in [0.1, 0.15) is 12.3 Å². The maximum Gasteiger partial charge on any atom is 0.498 e. The van der Waals surface area contributed by atoms with Gasteiger partial charge in [-0.05, 0) is 39.2 Å². The second kappa shape index (κ2) is 10.4. The maximum absolute atomic E-state index is 14.2. The van der Waals surface area contributed by atoms with E-state index in [1.54, 1.807) is 37.5 Å². The molecule has 0 N–H and O–H groups in total. The molecule has 0 radical (unpaired) electrons. The van der Waals surface area contributed by atoms with Crippen LogP contribution in [0.15, 0.2) is 36.5 Å². The van der Waals surface area contributed by atoms with Crippen molar-refractivity contribution in [1.82, 2.24) is 14.9 Å². The first-order valence-electron chi connectivity index (χ1n) is 12.7. The summed E-state index contributed by atoms with van der Waals surface area (Å²) in [5.41, 5.74) is -2.10. The number of hydrogen-bond donors (Lipinski definition) is 0. The number of alkyl halides is 3. The van der Waals surface area contributed by atoms with Crippen LogP contribution in [0.2, 0.25) is 0 Å². The van der Waals surface area contributed by atoms with Crippen LogP contribution >= 0.6 is 0 Å². The van der Waals surface area contributed by atoms with E-state index in [1.165, 1.54) is 0 Å². The number of ether oxygens (including phenoxy) is 1. The highest BCUT2D eigenvalue weighted by atomic mass is 19.4. The lowest BCUT2D eigenvalue weighted by molar-refractivity contribution is -0.140. The summed E-state index contributed by atoms with van der Waals surface area (Å²) in [6.45, 7) is 11.9. The molecule has 4 rings (SSSR count). The van der Waals surface area contributed by atoms with Crippen molar-refractivity contribution in [2.24, 2.45) is 5.92 Å². The highest BCUT2D eigenvalue weighted by molar-refractivity contribution is 6.62. The Kier molecular flexibility index (Phi) is 7.68. The second-order valence-electron chi connectivity index (χ2n) is 11.1. The number of aromatic nitrogens is 2. The van der Waals surface area contributed by atoms with E-state index in [4.69, 9.17) is 14.0 Å². The van der Waals surface area contributed by atoms with Crippen molar-refractivity contribution in [3.05, 3.63) is 47.8 Å². The smallest absolute Gasteiger partial charge is 0.445 e. The first-order chi connectivity index (χ1) is 17.7. The largest absolute Gasteiger partial charge is 0.498 e. The summed E-state index contributed by atoms with van der Waals surface area (Å²) in [6.07, 6.45) is -4.06. The van der Waals surface area contributed by atoms with Crippen molar-refractivity contribution < 1.29 is 32.0 Å². The lowest BCUT2D eigenvalue weighted by atomic mass is 9.78. The summed E-state index contributed by atoms with van der Waals surface area (Å²) in [7, 11) is -1.25. The predicted molar refractivity (Wildman–Crippen MR) is 137 cm³/mol. The lowest BCUT2D eigenvalue weighted by Gasteiger charge is -2.43. The molecule has 206 valence electrons. The van der Waals surface area contributed by atoms with E-state index < -0.39 is 36.3 Å². The zero-order valence-electron chi connectivity index (χ0n) is 22.6. The van der Waals surface area contributed by atoms with Crippen LogP contribution in [-0.4, -0.2) is 65.0 Å². The minimum absolute atomic E-state index is 0.000402. The van der Waals surface area contributed by atoms with Gasteiger partial charge in [0.25, 0.3) is 0 Å². The van der Waals surface area contributed by atoms with E-state index >= 15 is 0 Å². The van der Waals surface area contributed by atoms with Gasteiger partial charge in [0.2, 0.25) is 5.95 Å². The van der Waals surface area contributed by atoms with Crippen molar-refractivity contribution in [2.75, 3.05) is 24.5 Å². The Labute approximate surface area is 221 Å². The number of benzene rings is 1. The van der Waals surface area contributed by atoms with Crippen LogP contribution in [0.5, 0.6) is 0 Å². The number of amides is 1. The number of carbonyl (C=O) groups excluding carboxylic acids is 1. The van der Waals surface area contributed by atoms with E-state index in [9.17, 15) is 18.0 Å². The summed E-state index contributed by atoms with van der Waals surface area (Å²) >= 11 is 0. The third-order valence-electron chi connectivity index (χ3n) is 7.49. The molecule has 2 saturated heterocycles. The van der Waals surface area contributed by atoms with Crippen LogP contribution in [0.3, 0.4) is 0 Å². The molecule has 1 aromatic heterocycles. The van der Waals surface area contributed by atoms with Gasteiger partial charge >= 0.3 is 19.4 Å². The fourth-order valence-corrected chi connectivity index (χ4v) is 4.50. The first kappa shape index (κ1) is 28.2. The number of anilines is 1. The maximum atomic E-state index is 14.2. The van der Waals surface area contributed by atoms with Crippen molar-refractivity contribution >= 4 is 24.6 Å². The molecule has 8 nitrogen and oxygen atoms in total. The molecule has 2 aliphatic heterocycles. The number of rotatable bonds is 5. The molecular weight excluding hydrogens is 500 g/mol. The van der Waals surface area contributed by atoms with Gasteiger partial charge in [-0.2, -0.15) is 13.2 Å². The molecule has 1 aromatic carbocycles. The van der Waals surface area contributed by atoms with E-state index in [-0.39, 0.29) is 49.6 Å². The van der Waals surface area contributed by atoms with Gasteiger partial charge in [-0.25, -0.2) is 14.8 Å². The SMILES string of the molecule is CC(C)C1CN(C(=O)OCc2ccccc2)CCN1c1ncc(B2OC(C)(C)C(C)(C)O2)c(C(F)(F)F)n1. The van der Waals surface area contributed by atoms with Crippen LogP contribution in [-0.2, 0) is 26.8 Å². The average Bonchev–Trinajstić information content (AvgIpc) is 3.08. The quantitative estimate of drug-likeness (QED) is 0.531. The monoisotopic (exact) mass is 534 g/mol. The third kappa shape index (κ3) is 5.75. The van der Waals surface area contributed by atoms with Crippen LogP contribution < -0.4 is 10.4 Å². The Morgan fingerprint density at radius 2 is 1.76 bits per heavy atom. The van der Waals surface area contributed by atoms with Crippen LogP contribution in [0.4, 0.5) is 23.9 Å². The van der Waals surface area contributed by atoms with Crippen molar-refractivity contribution in [3.8, 4) is 0 Å². The Bertz CT molecular complexity index is 1130. The molecule has 2 aromatic rings. The number of halogens is 3. The highest BCUT2D eigenvalue weighted by Gasteiger charge is 2.54. The van der Waals surface area contributed by atoms with Crippen molar-refractivity contribution in [2.45, 2.75) is 71.6 Å². The summed E-state index contributed by atoms with van der Waals surface area (Å²) in [6, 6.07) is 9.03. The number of nitrogens with zero attached hydrogens (tertiary/aromatic N) is 4. The molecule has 12 heteroatoms. The second-order valence-corrected chi connectivity index (χ2v) is 11.1. The van der Waals surface area contributed by atoms with E-state index in [0.29, 0.717) is 0 Å². The topological polar surface area (TPSA) is 77.0 Å². The molecular formula is C26H34BF3N4O4. The standard InChI is InChI=1S/C26H34BF3N4O4/c1-17(2)20-15-33(23(35)36-16-18-10-8-7-9-11-18)12-13-34(20)22-31-14-19(21(32-22)26(28,29)30)27-37-24(3,4)25(5,6)38-27/h7-11,14,17,20H,12-13,15-16H2,1-6H3. The van der Waals surface area contributed by atoms with Crippen LogP contribution in [0, 0.1) is 5.92 Å². The zero-order chi connectivity index (χ0) is 27.9.